The quantitative estimate of drug-likeness (QED) is 0.498. The molecular weight excluding hydrogens is 384 g/mol. The number of nitrogens with zero attached hydrogens (tertiary/aromatic N) is 2. The van der Waals surface area contributed by atoms with Crippen LogP contribution in [0.3, 0.4) is 0 Å². The summed E-state index contributed by atoms with van der Waals surface area (Å²) in [6, 6.07) is 11.4. The van der Waals surface area contributed by atoms with Crippen molar-refractivity contribution in [3.63, 3.8) is 0 Å². The van der Waals surface area contributed by atoms with Crippen LogP contribution in [0.2, 0.25) is 5.02 Å². The van der Waals surface area contributed by atoms with E-state index in [-0.39, 0.29) is 37.4 Å². The summed E-state index contributed by atoms with van der Waals surface area (Å²) in [5.41, 5.74) is 1.71. The lowest BCUT2D eigenvalue weighted by molar-refractivity contribution is -0.479. The number of hydrogen-bond donors (Lipinski definition) is 1. The zero-order valence-corrected chi connectivity index (χ0v) is 16.2. The Bertz CT molecular complexity index is 885. The monoisotopic (exact) mass is 404 g/mol. The van der Waals surface area contributed by atoms with Crippen LogP contribution in [-0.2, 0) is 17.8 Å². The molecule has 1 N–H and O–H groups in total. The van der Waals surface area contributed by atoms with Gasteiger partial charge in [-0.2, -0.15) is 0 Å². The van der Waals surface area contributed by atoms with E-state index in [2.05, 4.69) is 0 Å². The Morgan fingerprint density at radius 1 is 1.21 bits per heavy atom. The molecule has 2 aromatic rings. The molecule has 148 valence electrons. The number of aromatic carboxylic acids is 1. The van der Waals surface area contributed by atoms with Crippen molar-refractivity contribution in [3.8, 4) is 0 Å². The first-order valence-electron chi connectivity index (χ1n) is 8.84. The van der Waals surface area contributed by atoms with Crippen LogP contribution in [0, 0.1) is 10.1 Å². The molecule has 2 rings (SSSR count). The Labute approximate surface area is 167 Å². The molecule has 7 nitrogen and oxygen atoms in total. The van der Waals surface area contributed by atoms with Gasteiger partial charge in [0.25, 0.3) is 0 Å². The number of amides is 1. The SMILES string of the molecule is CCCC(=O)N(Cc1cccc(Cl)c1)c1cc(C(=O)O)ccc1CC[N+](=O)[O-]. The number of carboxylic acids is 1. The molecule has 8 heteroatoms. The van der Waals surface area contributed by atoms with Gasteiger partial charge in [0.05, 0.1) is 12.1 Å². The van der Waals surface area contributed by atoms with E-state index in [1.807, 2.05) is 13.0 Å². The van der Waals surface area contributed by atoms with E-state index < -0.39 is 10.9 Å². The zero-order chi connectivity index (χ0) is 20.7. The molecule has 2 aromatic carbocycles. The molecule has 0 aliphatic carbocycles. The first-order chi connectivity index (χ1) is 13.3. The van der Waals surface area contributed by atoms with Gasteiger partial charge in [0.15, 0.2) is 0 Å². The smallest absolute Gasteiger partial charge is 0.335 e. The van der Waals surface area contributed by atoms with Gasteiger partial charge in [-0.25, -0.2) is 4.79 Å². The van der Waals surface area contributed by atoms with Crippen molar-refractivity contribution >= 4 is 29.2 Å². The molecule has 0 aliphatic rings. The van der Waals surface area contributed by atoms with Crippen LogP contribution in [0.4, 0.5) is 5.69 Å². The molecule has 0 atom stereocenters. The summed E-state index contributed by atoms with van der Waals surface area (Å²) in [5.74, 6) is -1.32. The van der Waals surface area contributed by atoms with Gasteiger partial charge in [0.2, 0.25) is 12.5 Å². The highest BCUT2D eigenvalue weighted by Gasteiger charge is 2.21. The summed E-state index contributed by atoms with van der Waals surface area (Å²) >= 11 is 6.04. The van der Waals surface area contributed by atoms with Crippen LogP contribution in [0.25, 0.3) is 0 Å². The topological polar surface area (TPSA) is 101 Å². The largest absolute Gasteiger partial charge is 0.478 e. The maximum Gasteiger partial charge on any atom is 0.335 e. The third-order valence-corrected chi connectivity index (χ3v) is 4.42. The molecule has 28 heavy (non-hydrogen) atoms. The number of nitro groups is 1. The van der Waals surface area contributed by atoms with Crippen LogP contribution in [0.5, 0.6) is 0 Å². The standard InChI is InChI=1S/C20H21ClN2O5/c1-2-4-19(24)22(13-14-5-3-6-17(21)11-14)18-12-16(20(25)26)8-7-15(18)9-10-23(27)28/h3,5-8,11-12H,2,4,9-10,13H2,1H3,(H,25,26). The molecule has 0 aliphatic heterocycles. The molecule has 0 spiro atoms. The summed E-state index contributed by atoms with van der Waals surface area (Å²) in [7, 11) is 0. The molecule has 0 saturated heterocycles. The van der Waals surface area contributed by atoms with Gasteiger partial charge in [0.1, 0.15) is 0 Å². The lowest BCUT2D eigenvalue weighted by Crippen LogP contribution is -2.31. The second-order valence-corrected chi connectivity index (χ2v) is 6.75. The average molecular weight is 405 g/mol. The van der Waals surface area contributed by atoms with Crippen LogP contribution in [0.15, 0.2) is 42.5 Å². The van der Waals surface area contributed by atoms with E-state index in [0.717, 1.165) is 5.56 Å². The molecule has 0 fully saturated rings. The summed E-state index contributed by atoms with van der Waals surface area (Å²) in [6.45, 7) is 1.75. The van der Waals surface area contributed by atoms with E-state index in [1.165, 1.54) is 23.1 Å². The molecule has 0 bridgehead atoms. The Hall–Kier alpha value is -2.93. The molecule has 0 heterocycles. The van der Waals surface area contributed by atoms with Crippen molar-refractivity contribution in [1.29, 1.82) is 0 Å². The van der Waals surface area contributed by atoms with Gasteiger partial charge in [-0.1, -0.05) is 36.7 Å². The number of carbonyl (C=O) groups is 2. The highest BCUT2D eigenvalue weighted by atomic mass is 35.5. The minimum Gasteiger partial charge on any atom is -0.478 e. The second kappa shape index (κ2) is 9.85. The molecule has 0 radical (unpaired) electrons. The fourth-order valence-electron chi connectivity index (χ4n) is 2.85. The summed E-state index contributed by atoms with van der Waals surface area (Å²) < 4.78 is 0. The zero-order valence-electron chi connectivity index (χ0n) is 15.4. The van der Waals surface area contributed by atoms with E-state index in [4.69, 9.17) is 11.6 Å². The predicted molar refractivity (Wildman–Crippen MR) is 107 cm³/mol. The minimum absolute atomic E-state index is 0.0141. The number of rotatable bonds is 9. The molecule has 0 unspecified atom stereocenters. The van der Waals surface area contributed by atoms with E-state index in [9.17, 15) is 24.8 Å². The van der Waals surface area contributed by atoms with Crippen molar-refractivity contribution in [1.82, 2.24) is 0 Å². The van der Waals surface area contributed by atoms with Gasteiger partial charge in [-0.15, -0.1) is 0 Å². The predicted octanol–water partition coefficient (Wildman–Crippen LogP) is 4.19. The number of carboxylic acid groups (broad SMARTS) is 1. The number of carbonyl (C=O) groups excluding carboxylic acids is 1. The van der Waals surface area contributed by atoms with Crippen LogP contribution in [-0.4, -0.2) is 28.5 Å². The second-order valence-electron chi connectivity index (χ2n) is 6.31. The van der Waals surface area contributed by atoms with Crippen molar-refractivity contribution in [3.05, 3.63) is 74.3 Å². The summed E-state index contributed by atoms with van der Waals surface area (Å²) in [5, 5.41) is 20.7. The normalized spacial score (nSPS) is 10.5. The third-order valence-electron chi connectivity index (χ3n) is 4.18. The lowest BCUT2D eigenvalue weighted by atomic mass is 10.0. The van der Waals surface area contributed by atoms with Gasteiger partial charge < -0.3 is 10.0 Å². The molecular formula is C20H21ClN2O5. The van der Waals surface area contributed by atoms with E-state index >= 15 is 0 Å². The summed E-state index contributed by atoms with van der Waals surface area (Å²) in [6.07, 6.45) is 0.980. The highest BCUT2D eigenvalue weighted by molar-refractivity contribution is 6.30. The third kappa shape index (κ3) is 5.79. The highest BCUT2D eigenvalue weighted by Crippen LogP contribution is 2.27. The number of halogens is 1. The Morgan fingerprint density at radius 2 is 1.96 bits per heavy atom. The first kappa shape index (κ1) is 21.4. The maximum absolute atomic E-state index is 12.8. The Morgan fingerprint density at radius 3 is 2.57 bits per heavy atom. The van der Waals surface area contributed by atoms with Gasteiger partial charge >= 0.3 is 5.97 Å². The van der Waals surface area contributed by atoms with Crippen molar-refractivity contribution in [2.24, 2.45) is 0 Å². The van der Waals surface area contributed by atoms with Crippen molar-refractivity contribution in [2.75, 3.05) is 11.4 Å². The Kier molecular flexibility index (Phi) is 7.52. The molecule has 0 saturated carbocycles. The lowest BCUT2D eigenvalue weighted by Gasteiger charge is -2.26. The number of benzene rings is 2. The van der Waals surface area contributed by atoms with Crippen molar-refractivity contribution < 1.29 is 19.6 Å². The maximum atomic E-state index is 12.8. The van der Waals surface area contributed by atoms with Gasteiger partial charge in [-0.3, -0.25) is 14.9 Å². The molecule has 1 amide bonds. The summed E-state index contributed by atoms with van der Waals surface area (Å²) in [4.78, 5) is 36.1. The number of anilines is 1. The fraction of sp³-hybridized carbons (Fsp3) is 0.300. The number of hydrogen-bond acceptors (Lipinski definition) is 4. The average Bonchev–Trinajstić information content (AvgIpc) is 2.64. The van der Waals surface area contributed by atoms with E-state index in [0.29, 0.717) is 22.7 Å². The van der Waals surface area contributed by atoms with Crippen LogP contribution >= 0.6 is 11.6 Å². The fourth-order valence-corrected chi connectivity index (χ4v) is 3.06. The first-order valence-corrected chi connectivity index (χ1v) is 9.22. The Balaban J connectivity index is 2.51. The van der Waals surface area contributed by atoms with E-state index in [1.54, 1.807) is 18.2 Å². The molecule has 0 aromatic heterocycles. The van der Waals surface area contributed by atoms with Crippen LogP contribution < -0.4 is 4.90 Å². The minimum atomic E-state index is -1.13. The van der Waals surface area contributed by atoms with Crippen molar-refractivity contribution in [2.45, 2.75) is 32.7 Å². The van der Waals surface area contributed by atoms with Gasteiger partial charge in [0, 0.05) is 28.5 Å². The van der Waals surface area contributed by atoms with Crippen LogP contribution in [0.1, 0.15) is 41.3 Å². The van der Waals surface area contributed by atoms with Gasteiger partial charge in [-0.05, 0) is 41.8 Å².